The Balaban J connectivity index is 1.93. The van der Waals surface area contributed by atoms with E-state index in [4.69, 9.17) is 0 Å². The summed E-state index contributed by atoms with van der Waals surface area (Å²) in [5.74, 6) is 0.968. The van der Waals surface area contributed by atoms with Crippen molar-refractivity contribution in [2.24, 2.45) is 11.3 Å². The maximum absolute atomic E-state index is 2.81. The van der Waals surface area contributed by atoms with E-state index < -0.39 is 0 Å². The fourth-order valence-electron chi connectivity index (χ4n) is 3.99. The van der Waals surface area contributed by atoms with Crippen molar-refractivity contribution in [1.29, 1.82) is 0 Å². The predicted molar refractivity (Wildman–Crippen MR) is 50.0 cm³/mol. The molecular formula is C11H19N. The molecule has 0 radical (unpaired) electrons. The Morgan fingerprint density at radius 1 is 1.42 bits per heavy atom. The first kappa shape index (κ1) is 7.37. The van der Waals surface area contributed by atoms with Gasteiger partial charge in [0.25, 0.3) is 0 Å². The van der Waals surface area contributed by atoms with Gasteiger partial charge in [0, 0.05) is 18.6 Å². The number of hydrogen-bond donors (Lipinski definition) is 0. The van der Waals surface area contributed by atoms with Crippen molar-refractivity contribution in [3.8, 4) is 0 Å². The van der Waals surface area contributed by atoms with E-state index in [-0.39, 0.29) is 0 Å². The second kappa shape index (κ2) is 2.06. The van der Waals surface area contributed by atoms with Crippen molar-refractivity contribution >= 4 is 0 Å². The van der Waals surface area contributed by atoms with Gasteiger partial charge >= 0.3 is 0 Å². The molecule has 3 aliphatic rings. The topological polar surface area (TPSA) is 3.24 Å². The molecule has 0 amide bonds. The van der Waals surface area contributed by atoms with Crippen molar-refractivity contribution in [1.82, 2.24) is 4.90 Å². The molecule has 2 heterocycles. The highest BCUT2D eigenvalue weighted by Crippen LogP contribution is 2.56. The molecule has 12 heavy (non-hydrogen) atoms. The smallest absolute Gasteiger partial charge is 0.0156 e. The van der Waals surface area contributed by atoms with Crippen LogP contribution in [0.5, 0.6) is 0 Å². The molecule has 3 fully saturated rings. The van der Waals surface area contributed by atoms with Gasteiger partial charge in [-0.2, -0.15) is 0 Å². The molecule has 2 aliphatic heterocycles. The van der Waals surface area contributed by atoms with Gasteiger partial charge in [-0.1, -0.05) is 13.8 Å². The molecule has 2 bridgehead atoms. The van der Waals surface area contributed by atoms with Crippen LogP contribution in [0.4, 0.5) is 0 Å². The van der Waals surface area contributed by atoms with Crippen LogP contribution in [0.3, 0.4) is 0 Å². The van der Waals surface area contributed by atoms with Crippen LogP contribution in [0.1, 0.15) is 39.5 Å². The Morgan fingerprint density at radius 3 is 3.00 bits per heavy atom. The van der Waals surface area contributed by atoms with Crippen molar-refractivity contribution in [3.63, 3.8) is 0 Å². The first-order chi connectivity index (χ1) is 5.69. The van der Waals surface area contributed by atoms with E-state index in [0.29, 0.717) is 0 Å². The number of nitrogens with zero attached hydrogens (tertiary/aromatic N) is 1. The van der Waals surface area contributed by atoms with Gasteiger partial charge in [0.2, 0.25) is 0 Å². The molecule has 0 aromatic heterocycles. The average molecular weight is 165 g/mol. The summed E-state index contributed by atoms with van der Waals surface area (Å²) in [6.07, 6.45) is 5.97. The van der Waals surface area contributed by atoms with Gasteiger partial charge in [-0.05, 0) is 37.0 Å². The fraction of sp³-hybridized carbons (Fsp3) is 1.00. The minimum Gasteiger partial charge on any atom is -0.297 e. The summed E-state index contributed by atoms with van der Waals surface area (Å²) < 4.78 is 0. The molecule has 3 rings (SSSR count). The lowest BCUT2D eigenvalue weighted by molar-refractivity contribution is 0.139. The summed E-state index contributed by atoms with van der Waals surface area (Å²) in [6.45, 7) is 6.34. The maximum atomic E-state index is 2.81. The molecule has 1 heteroatoms. The van der Waals surface area contributed by atoms with Crippen molar-refractivity contribution < 1.29 is 0 Å². The van der Waals surface area contributed by atoms with Crippen LogP contribution >= 0.6 is 0 Å². The Morgan fingerprint density at radius 2 is 2.25 bits per heavy atom. The van der Waals surface area contributed by atoms with Gasteiger partial charge in [0.05, 0.1) is 0 Å². The third kappa shape index (κ3) is 0.736. The van der Waals surface area contributed by atoms with E-state index in [0.717, 1.165) is 23.4 Å². The van der Waals surface area contributed by atoms with Crippen molar-refractivity contribution in [3.05, 3.63) is 0 Å². The molecule has 68 valence electrons. The van der Waals surface area contributed by atoms with E-state index in [2.05, 4.69) is 18.7 Å². The van der Waals surface area contributed by atoms with Crippen LogP contribution in [0.25, 0.3) is 0 Å². The molecule has 1 aliphatic carbocycles. The maximum Gasteiger partial charge on any atom is 0.0156 e. The van der Waals surface area contributed by atoms with Crippen LogP contribution < -0.4 is 0 Å². The molecule has 1 nitrogen and oxygen atoms in total. The fourth-order valence-corrected chi connectivity index (χ4v) is 3.99. The summed E-state index contributed by atoms with van der Waals surface area (Å²) in [5.41, 5.74) is 0.718. The summed E-state index contributed by atoms with van der Waals surface area (Å²) in [6, 6.07) is 1.94. The van der Waals surface area contributed by atoms with Crippen LogP contribution in [0.15, 0.2) is 0 Å². The van der Waals surface area contributed by atoms with Crippen LogP contribution in [-0.4, -0.2) is 23.5 Å². The molecule has 4 unspecified atom stereocenters. The number of piperidine rings is 1. The highest BCUT2D eigenvalue weighted by atomic mass is 15.3. The first-order valence-corrected chi connectivity index (χ1v) is 5.45. The van der Waals surface area contributed by atoms with Crippen LogP contribution in [0.2, 0.25) is 0 Å². The van der Waals surface area contributed by atoms with E-state index in [9.17, 15) is 0 Å². The summed E-state index contributed by atoms with van der Waals surface area (Å²) in [4.78, 5) is 2.81. The predicted octanol–water partition coefficient (Wildman–Crippen LogP) is 2.27. The molecule has 0 aromatic rings. The zero-order valence-electron chi connectivity index (χ0n) is 8.21. The van der Waals surface area contributed by atoms with E-state index in [1.165, 1.54) is 32.2 Å². The molecular weight excluding hydrogens is 146 g/mol. The van der Waals surface area contributed by atoms with E-state index in [1.54, 1.807) is 0 Å². The Hall–Kier alpha value is -0.0400. The quantitative estimate of drug-likeness (QED) is 0.532. The van der Waals surface area contributed by atoms with Crippen LogP contribution in [0, 0.1) is 11.3 Å². The van der Waals surface area contributed by atoms with Gasteiger partial charge in [-0.25, -0.2) is 0 Å². The Labute approximate surface area is 75.1 Å². The second-order valence-corrected chi connectivity index (χ2v) is 5.60. The highest BCUT2D eigenvalue weighted by Gasteiger charge is 2.56. The van der Waals surface area contributed by atoms with Gasteiger partial charge in [0.1, 0.15) is 0 Å². The Bertz CT molecular complexity index is 213. The lowest BCUT2D eigenvalue weighted by Gasteiger charge is -2.34. The lowest BCUT2D eigenvalue weighted by Crippen LogP contribution is -2.39. The molecule has 0 aromatic carbocycles. The van der Waals surface area contributed by atoms with E-state index in [1.807, 2.05) is 0 Å². The zero-order valence-corrected chi connectivity index (χ0v) is 8.21. The average Bonchev–Trinajstić information content (AvgIpc) is 2.57. The third-order valence-corrected chi connectivity index (χ3v) is 4.57. The normalized spacial score (nSPS) is 58.0. The first-order valence-electron chi connectivity index (χ1n) is 5.45. The molecule has 1 saturated carbocycles. The molecule has 4 atom stereocenters. The minimum atomic E-state index is 0.718. The van der Waals surface area contributed by atoms with Crippen LogP contribution in [-0.2, 0) is 0 Å². The largest absolute Gasteiger partial charge is 0.297 e. The lowest BCUT2D eigenvalue weighted by atomic mass is 9.80. The number of rotatable bonds is 0. The Kier molecular flexibility index (Phi) is 1.27. The van der Waals surface area contributed by atoms with E-state index >= 15 is 0 Å². The van der Waals surface area contributed by atoms with Crippen molar-refractivity contribution in [2.45, 2.75) is 51.6 Å². The standard InChI is InChI=1S/C11H19N/c1-8-5-10-11(2)4-3-9(6-11)12(10)7-8/h8-10H,3-7H2,1-2H3. The minimum absolute atomic E-state index is 0.718. The number of hydrogen-bond acceptors (Lipinski definition) is 1. The highest BCUT2D eigenvalue weighted by molar-refractivity contribution is 5.10. The summed E-state index contributed by atoms with van der Waals surface area (Å²) in [7, 11) is 0. The molecule has 2 saturated heterocycles. The molecule has 0 spiro atoms. The third-order valence-electron chi connectivity index (χ3n) is 4.57. The van der Waals surface area contributed by atoms with Gasteiger partial charge < -0.3 is 0 Å². The summed E-state index contributed by atoms with van der Waals surface area (Å²) >= 11 is 0. The van der Waals surface area contributed by atoms with Gasteiger partial charge in [0.15, 0.2) is 0 Å². The monoisotopic (exact) mass is 165 g/mol. The zero-order chi connectivity index (χ0) is 8.34. The molecule has 0 N–H and O–H groups in total. The summed E-state index contributed by atoms with van der Waals surface area (Å²) in [5, 5.41) is 0. The van der Waals surface area contributed by atoms with Crippen molar-refractivity contribution in [2.75, 3.05) is 6.54 Å². The second-order valence-electron chi connectivity index (χ2n) is 5.60. The number of fused-ring (bicyclic) bond motifs is 5. The SMILES string of the molecule is CC1CC2N(C1)C1CCC2(C)C1. The van der Waals surface area contributed by atoms with Gasteiger partial charge in [-0.15, -0.1) is 0 Å². The van der Waals surface area contributed by atoms with Gasteiger partial charge in [-0.3, -0.25) is 4.90 Å².